The van der Waals surface area contributed by atoms with E-state index in [9.17, 15) is 0 Å². The summed E-state index contributed by atoms with van der Waals surface area (Å²) in [6.07, 6.45) is 8.74. The first kappa shape index (κ1) is 17.5. The predicted molar refractivity (Wildman–Crippen MR) is 103 cm³/mol. The molecule has 1 aliphatic heterocycles. The minimum atomic E-state index is 0.113. The van der Waals surface area contributed by atoms with Gasteiger partial charge in [-0.05, 0) is 41.3 Å². The molecule has 1 aromatic carbocycles. The summed E-state index contributed by atoms with van der Waals surface area (Å²) in [4.78, 5) is 6.83. The largest absolute Gasteiger partial charge is 0.493 e. The molecule has 2 aromatic heterocycles. The third kappa shape index (κ3) is 3.40. The molecule has 0 saturated heterocycles. The molecule has 4 rings (SSSR count). The van der Waals surface area contributed by atoms with E-state index < -0.39 is 0 Å². The van der Waals surface area contributed by atoms with E-state index in [2.05, 4.69) is 39.4 Å². The van der Waals surface area contributed by atoms with E-state index in [1.165, 1.54) is 22.3 Å². The van der Waals surface area contributed by atoms with E-state index in [0.29, 0.717) is 0 Å². The SMILES string of the molecule is COc1cc2c(cc1OC)[C@H](c1cccnc1)N(Cc1cnn(C)c1)CC2. The fourth-order valence-corrected chi connectivity index (χ4v) is 3.88. The molecule has 0 amide bonds. The second-order valence-electron chi connectivity index (χ2n) is 6.84. The molecule has 0 bridgehead atoms. The molecule has 0 spiro atoms. The third-order valence-corrected chi connectivity index (χ3v) is 5.12. The fraction of sp³-hybridized carbons (Fsp3) is 0.333. The Kier molecular flexibility index (Phi) is 4.81. The Hall–Kier alpha value is -2.86. The molecule has 6 nitrogen and oxygen atoms in total. The third-order valence-electron chi connectivity index (χ3n) is 5.12. The van der Waals surface area contributed by atoms with Gasteiger partial charge in [0.15, 0.2) is 11.5 Å². The van der Waals surface area contributed by atoms with Crippen molar-refractivity contribution >= 4 is 0 Å². The molecule has 3 heterocycles. The van der Waals surface area contributed by atoms with Crippen LogP contribution in [0.25, 0.3) is 0 Å². The van der Waals surface area contributed by atoms with Crippen LogP contribution in [0.3, 0.4) is 0 Å². The van der Waals surface area contributed by atoms with Crippen LogP contribution in [0.2, 0.25) is 0 Å². The number of rotatable bonds is 5. The van der Waals surface area contributed by atoms with Crippen molar-refractivity contribution in [2.75, 3.05) is 20.8 Å². The van der Waals surface area contributed by atoms with E-state index >= 15 is 0 Å². The van der Waals surface area contributed by atoms with Crippen molar-refractivity contribution in [3.05, 3.63) is 71.3 Å². The topological polar surface area (TPSA) is 52.4 Å². The van der Waals surface area contributed by atoms with Crippen LogP contribution in [0.15, 0.2) is 49.1 Å². The summed E-state index contributed by atoms with van der Waals surface area (Å²) in [7, 11) is 5.31. The zero-order valence-electron chi connectivity index (χ0n) is 15.9. The number of pyridine rings is 1. The van der Waals surface area contributed by atoms with E-state index in [1.54, 1.807) is 14.2 Å². The summed E-state index contributed by atoms with van der Waals surface area (Å²) in [5.74, 6) is 1.54. The second-order valence-corrected chi connectivity index (χ2v) is 6.84. The van der Waals surface area contributed by atoms with Gasteiger partial charge in [0.05, 0.1) is 26.5 Å². The highest BCUT2D eigenvalue weighted by molar-refractivity contribution is 5.51. The molecular weight excluding hydrogens is 340 g/mol. The summed E-state index contributed by atoms with van der Waals surface area (Å²) in [6, 6.07) is 8.47. The normalized spacial score (nSPS) is 16.8. The van der Waals surface area contributed by atoms with Crippen LogP contribution in [0.5, 0.6) is 11.5 Å². The fourth-order valence-electron chi connectivity index (χ4n) is 3.88. The summed E-state index contributed by atoms with van der Waals surface area (Å²) >= 11 is 0. The van der Waals surface area contributed by atoms with Gasteiger partial charge in [0.1, 0.15) is 0 Å². The molecule has 27 heavy (non-hydrogen) atoms. The van der Waals surface area contributed by atoms with Crippen molar-refractivity contribution in [1.29, 1.82) is 0 Å². The molecule has 1 aliphatic rings. The van der Waals surface area contributed by atoms with Crippen LogP contribution >= 0.6 is 0 Å². The van der Waals surface area contributed by atoms with Gasteiger partial charge >= 0.3 is 0 Å². The lowest BCUT2D eigenvalue weighted by Crippen LogP contribution is -2.35. The Balaban J connectivity index is 1.78. The molecule has 1 atom stereocenters. The number of methoxy groups -OCH3 is 2. The number of benzene rings is 1. The minimum Gasteiger partial charge on any atom is -0.493 e. The highest BCUT2D eigenvalue weighted by Crippen LogP contribution is 2.41. The Morgan fingerprint density at radius 1 is 1.15 bits per heavy atom. The van der Waals surface area contributed by atoms with Crippen molar-refractivity contribution in [2.24, 2.45) is 7.05 Å². The average molecular weight is 364 g/mol. The summed E-state index contributed by atoms with van der Waals surface area (Å²) in [5.41, 5.74) is 4.92. The molecule has 0 N–H and O–H groups in total. The van der Waals surface area contributed by atoms with Crippen LogP contribution < -0.4 is 9.47 Å². The van der Waals surface area contributed by atoms with Gasteiger partial charge < -0.3 is 9.47 Å². The number of hydrogen-bond acceptors (Lipinski definition) is 5. The lowest BCUT2D eigenvalue weighted by molar-refractivity contribution is 0.203. The lowest BCUT2D eigenvalue weighted by Gasteiger charge is -2.37. The number of aromatic nitrogens is 3. The first-order chi connectivity index (χ1) is 13.2. The Morgan fingerprint density at radius 2 is 1.96 bits per heavy atom. The van der Waals surface area contributed by atoms with Gasteiger partial charge in [0.25, 0.3) is 0 Å². The van der Waals surface area contributed by atoms with Gasteiger partial charge in [-0.2, -0.15) is 5.10 Å². The summed E-state index contributed by atoms with van der Waals surface area (Å²) < 4.78 is 12.9. The van der Waals surface area contributed by atoms with Gasteiger partial charge in [-0.1, -0.05) is 6.07 Å². The highest BCUT2D eigenvalue weighted by atomic mass is 16.5. The van der Waals surface area contributed by atoms with Crippen LogP contribution in [0.4, 0.5) is 0 Å². The van der Waals surface area contributed by atoms with Crippen LogP contribution in [0.1, 0.15) is 28.3 Å². The number of nitrogens with zero attached hydrogens (tertiary/aromatic N) is 4. The van der Waals surface area contributed by atoms with E-state index in [4.69, 9.17) is 9.47 Å². The minimum absolute atomic E-state index is 0.113. The monoisotopic (exact) mass is 364 g/mol. The lowest BCUT2D eigenvalue weighted by atomic mass is 9.88. The highest BCUT2D eigenvalue weighted by Gasteiger charge is 2.30. The Morgan fingerprint density at radius 3 is 2.63 bits per heavy atom. The maximum atomic E-state index is 5.57. The van der Waals surface area contributed by atoms with Crippen LogP contribution in [-0.2, 0) is 20.0 Å². The zero-order chi connectivity index (χ0) is 18.8. The molecule has 140 valence electrons. The standard InChI is InChI=1S/C21H24N4O2/c1-24-13-15(11-23-24)14-25-8-6-16-9-19(26-2)20(27-3)10-18(16)21(25)17-5-4-7-22-12-17/h4-5,7,9-13,21H,6,8,14H2,1-3H3/t21-/m0/s1. The van der Waals surface area contributed by atoms with Gasteiger partial charge in [-0.3, -0.25) is 14.6 Å². The molecule has 0 unspecified atom stereocenters. The van der Waals surface area contributed by atoms with Crippen molar-refractivity contribution in [2.45, 2.75) is 19.0 Å². The zero-order valence-corrected chi connectivity index (χ0v) is 15.9. The smallest absolute Gasteiger partial charge is 0.161 e. The van der Waals surface area contributed by atoms with E-state index in [0.717, 1.165) is 31.0 Å². The quantitative estimate of drug-likeness (QED) is 0.697. The van der Waals surface area contributed by atoms with Gasteiger partial charge in [-0.15, -0.1) is 0 Å². The Labute approximate surface area is 159 Å². The molecule has 6 heteroatoms. The second kappa shape index (κ2) is 7.40. The van der Waals surface area contributed by atoms with E-state index in [-0.39, 0.29) is 6.04 Å². The maximum Gasteiger partial charge on any atom is 0.161 e. The number of hydrogen-bond donors (Lipinski definition) is 0. The van der Waals surface area contributed by atoms with Crippen molar-refractivity contribution in [3.8, 4) is 11.5 Å². The van der Waals surface area contributed by atoms with Crippen LogP contribution in [-0.4, -0.2) is 40.4 Å². The van der Waals surface area contributed by atoms with Gasteiger partial charge in [0, 0.05) is 44.3 Å². The molecule has 0 fully saturated rings. The van der Waals surface area contributed by atoms with Crippen LogP contribution in [0, 0.1) is 0 Å². The summed E-state index contributed by atoms with van der Waals surface area (Å²) in [6.45, 7) is 1.79. The maximum absolute atomic E-state index is 5.57. The first-order valence-electron chi connectivity index (χ1n) is 9.06. The molecular formula is C21H24N4O2. The predicted octanol–water partition coefficient (Wildman–Crippen LogP) is 2.98. The number of ether oxygens (including phenoxy) is 2. The van der Waals surface area contributed by atoms with Crippen molar-refractivity contribution in [3.63, 3.8) is 0 Å². The molecule has 0 radical (unpaired) electrons. The average Bonchev–Trinajstić information content (AvgIpc) is 3.12. The first-order valence-corrected chi connectivity index (χ1v) is 9.06. The molecule has 3 aromatic rings. The number of fused-ring (bicyclic) bond motifs is 1. The van der Waals surface area contributed by atoms with E-state index in [1.807, 2.05) is 36.4 Å². The Bertz CT molecular complexity index is 923. The van der Waals surface area contributed by atoms with Crippen molar-refractivity contribution < 1.29 is 9.47 Å². The van der Waals surface area contributed by atoms with Crippen molar-refractivity contribution in [1.82, 2.24) is 19.7 Å². The van der Waals surface area contributed by atoms with Gasteiger partial charge in [-0.25, -0.2) is 0 Å². The summed E-state index contributed by atoms with van der Waals surface area (Å²) in [5, 5.41) is 4.32. The number of aryl methyl sites for hydroxylation is 1. The van der Waals surface area contributed by atoms with Gasteiger partial charge in [0.2, 0.25) is 0 Å². The molecule has 0 aliphatic carbocycles. The molecule has 0 saturated carbocycles.